The lowest BCUT2D eigenvalue weighted by Gasteiger charge is -2.40. The SMILES string of the molecule is COC1CCN(CC2(CS)CCCCCC2)CC1. The Kier molecular flexibility index (Phi) is 5.84. The summed E-state index contributed by atoms with van der Waals surface area (Å²) in [6.07, 6.45) is 11.4. The first-order valence-corrected chi connectivity index (χ1v) is 8.27. The van der Waals surface area contributed by atoms with Crippen LogP contribution in [0.25, 0.3) is 0 Å². The first-order chi connectivity index (χ1) is 8.78. The van der Waals surface area contributed by atoms with Crippen LogP contribution in [0.5, 0.6) is 0 Å². The van der Waals surface area contributed by atoms with Crippen LogP contribution in [0.3, 0.4) is 0 Å². The lowest BCUT2D eigenvalue weighted by atomic mass is 9.81. The Morgan fingerprint density at radius 3 is 2.22 bits per heavy atom. The molecule has 0 atom stereocenters. The Bertz CT molecular complexity index is 231. The van der Waals surface area contributed by atoms with Crippen molar-refractivity contribution in [2.24, 2.45) is 5.41 Å². The van der Waals surface area contributed by atoms with Gasteiger partial charge in [-0.1, -0.05) is 25.7 Å². The third-order valence-electron chi connectivity index (χ3n) is 4.93. The molecule has 2 rings (SSSR count). The molecule has 18 heavy (non-hydrogen) atoms. The van der Waals surface area contributed by atoms with Gasteiger partial charge in [0.05, 0.1) is 6.10 Å². The molecule has 0 radical (unpaired) electrons. The van der Waals surface area contributed by atoms with Crippen LogP contribution in [0.15, 0.2) is 0 Å². The van der Waals surface area contributed by atoms with Crippen molar-refractivity contribution in [3.8, 4) is 0 Å². The van der Waals surface area contributed by atoms with E-state index in [4.69, 9.17) is 4.74 Å². The summed E-state index contributed by atoms with van der Waals surface area (Å²) >= 11 is 4.68. The van der Waals surface area contributed by atoms with Gasteiger partial charge in [0.2, 0.25) is 0 Å². The second-order valence-electron chi connectivity index (χ2n) is 6.28. The number of thiol groups is 1. The Hall–Kier alpha value is 0.270. The van der Waals surface area contributed by atoms with Gasteiger partial charge in [0.1, 0.15) is 0 Å². The molecule has 2 aliphatic rings. The van der Waals surface area contributed by atoms with Gasteiger partial charge in [0.25, 0.3) is 0 Å². The van der Waals surface area contributed by atoms with Gasteiger partial charge < -0.3 is 9.64 Å². The molecule has 0 amide bonds. The maximum atomic E-state index is 5.46. The minimum atomic E-state index is 0.500. The molecule has 1 heterocycles. The number of hydrogen-bond donors (Lipinski definition) is 1. The minimum Gasteiger partial charge on any atom is -0.381 e. The van der Waals surface area contributed by atoms with E-state index in [1.165, 1.54) is 71.0 Å². The highest BCUT2D eigenvalue weighted by Crippen LogP contribution is 2.37. The molecule has 0 aromatic heterocycles. The zero-order valence-corrected chi connectivity index (χ0v) is 12.8. The molecule has 0 unspecified atom stereocenters. The third-order valence-corrected chi connectivity index (χ3v) is 5.60. The van der Waals surface area contributed by atoms with Crippen LogP contribution in [-0.2, 0) is 4.74 Å². The molecule has 0 spiro atoms. The predicted octanol–water partition coefficient (Wildman–Crippen LogP) is 3.37. The molecular formula is C15H29NOS. The van der Waals surface area contributed by atoms with Gasteiger partial charge in [0, 0.05) is 26.7 Å². The van der Waals surface area contributed by atoms with Gasteiger partial charge in [0.15, 0.2) is 0 Å². The Morgan fingerprint density at radius 1 is 1.11 bits per heavy atom. The van der Waals surface area contributed by atoms with Crippen molar-refractivity contribution in [2.75, 3.05) is 32.5 Å². The van der Waals surface area contributed by atoms with Crippen LogP contribution < -0.4 is 0 Å². The van der Waals surface area contributed by atoms with Crippen LogP contribution in [0.4, 0.5) is 0 Å². The van der Waals surface area contributed by atoms with Crippen LogP contribution in [0, 0.1) is 5.41 Å². The van der Waals surface area contributed by atoms with Crippen molar-refractivity contribution < 1.29 is 4.74 Å². The Morgan fingerprint density at radius 2 is 1.72 bits per heavy atom. The average Bonchev–Trinajstić information content (AvgIpc) is 2.66. The number of methoxy groups -OCH3 is 1. The predicted molar refractivity (Wildman–Crippen MR) is 80.5 cm³/mol. The summed E-state index contributed by atoms with van der Waals surface area (Å²) < 4.78 is 5.46. The largest absolute Gasteiger partial charge is 0.381 e. The van der Waals surface area contributed by atoms with Crippen molar-refractivity contribution >= 4 is 12.6 Å². The summed E-state index contributed by atoms with van der Waals surface area (Å²) in [4.78, 5) is 2.66. The molecule has 2 fully saturated rings. The second kappa shape index (κ2) is 7.16. The topological polar surface area (TPSA) is 12.5 Å². The van der Waals surface area contributed by atoms with Gasteiger partial charge in [-0.3, -0.25) is 0 Å². The van der Waals surface area contributed by atoms with Crippen LogP contribution in [-0.4, -0.2) is 43.5 Å². The minimum absolute atomic E-state index is 0.500. The fraction of sp³-hybridized carbons (Fsp3) is 1.00. The molecule has 3 heteroatoms. The van der Waals surface area contributed by atoms with Crippen molar-refractivity contribution in [1.29, 1.82) is 0 Å². The van der Waals surface area contributed by atoms with E-state index in [1.54, 1.807) is 0 Å². The smallest absolute Gasteiger partial charge is 0.0595 e. The number of likely N-dealkylation sites (tertiary alicyclic amines) is 1. The molecule has 2 nitrogen and oxygen atoms in total. The van der Waals surface area contributed by atoms with Crippen LogP contribution in [0.2, 0.25) is 0 Å². The lowest BCUT2D eigenvalue weighted by molar-refractivity contribution is 0.0267. The molecule has 1 aliphatic heterocycles. The van der Waals surface area contributed by atoms with E-state index in [9.17, 15) is 0 Å². The summed E-state index contributed by atoms with van der Waals surface area (Å²) in [6.45, 7) is 3.70. The van der Waals surface area contributed by atoms with Gasteiger partial charge in [-0.15, -0.1) is 0 Å². The highest BCUT2D eigenvalue weighted by Gasteiger charge is 2.32. The summed E-state index contributed by atoms with van der Waals surface area (Å²) in [6, 6.07) is 0. The molecule has 1 aliphatic carbocycles. The van der Waals surface area contributed by atoms with E-state index in [0.717, 1.165) is 5.75 Å². The van der Waals surface area contributed by atoms with Gasteiger partial charge in [-0.2, -0.15) is 12.6 Å². The third kappa shape index (κ3) is 3.88. The number of piperidine rings is 1. The van der Waals surface area contributed by atoms with E-state index in [1.807, 2.05) is 7.11 Å². The van der Waals surface area contributed by atoms with E-state index in [2.05, 4.69) is 17.5 Å². The summed E-state index contributed by atoms with van der Waals surface area (Å²) in [5.41, 5.74) is 0.500. The van der Waals surface area contributed by atoms with Crippen LogP contribution in [0.1, 0.15) is 51.4 Å². The van der Waals surface area contributed by atoms with Gasteiger partial charge >= 0.3 is 0 Å². The number of hydrogen-bond acceptors (Lipinski definition) is 3. The number of nitrogens with zero attached hydrogens (tertiary/aromatic N) is 1. The normalized spacial score (nSPS) is 27.0. The highest BCUT2D eigenvalue weighted by atomic mass is 32.1. The lowest BCUT2D eigenvalue weighted by Crippen LogP contribution is -2.44. The summed E-state index contributed by atoms with van der Waals surface area (Å²) in [7, 11) is 1.85. The molecule has 1 saturated carbocycles. The van der Waals surface area contributed by atoms with Crippen LogP contribution >= 0.6 is 12.6 Å². The summed E-state index contributed by atoms with van der Waals surface area (Å²) in [5.74, 6) is 1.07. The van der Waals surface area contributed by atoms with E-state index < -0.39 is 0 Å². The number of rotatable bonds is 4. The maximum absolute atomic E-state index is 5.46. The highest BCUT2D eigenvalue weighted by molar-refractivity contribution is 7.80. The first kappa shape index (κ1) is 14.7. The fourth-order valence-electron chi connectivity index (χ4n) is 3.62. The van der Waals surface area contributed by atoms with E-state index >= 15 is 0 Å². The molecule has 0 aromatic carbocycles. The maximum Gasteiger partial charge on any atom is 0.0595 e. The molecule has 0 bridgehead atoms. The molecular weight excluding hydrogens is 242 g/mol. The monoisotopic (exact) mass is 271 g/mol. The molecule has 0 aromatic rings. The quantitative estimate of drug-likeness (QED) is 0.622. The molecule has 1 saturated heterocycles. The van der Waals surface area contributed by atoms with Crippen molar-refractivity contribution in [3.05, 3.63) is 0 Å². The van der Waals surface area contributed by atoms with Gasteiger partial charge in [-0.05, 0) is 36.9 Å². The zero-order chi connectivity index (χ0) is 12.8. The Labute approximate surface area is 118 Å². The Balaban J connectivity index is 1.85. The average molecular weight is 271 g/mol. The first-order valence-electron chi connectivity index (χ1n) is 7.64. The van der Waals surface area contributed by atoms with E-state index in [0.29, 0.717) is 11.5 Å². The second-order valence-corrected chi connectivity index (χ2v) is 6.60. The van der Waals surface area contributed by atoms with Gasteiger partial charge in [-0.25, -0.2) is 0 Å². The molecule has 106 valence electrons. The fourth-order valence-corrected chi connectivity index (χ4v) is 4.04. The van der Waals surface area contributed by atoms with Crippen molar-refractivity contribution in [1.82, 2.24) is 4.90 Å². The molecule has 0 N–H and O–H groups in total. The van der Waals surface area contributed by atoms with Crippen molar-refractivity contribution in [3.63, 3.8) is 0 Å². The number of ether oxygens (including phenoxy) is 1. The summed E-state index contributed by atoms with van der Waals surface area (Å²) in [5, 5.41) is 0. The zero-order valence-electron chi connectivity index (χ0n) is 11.9. The standard InChI is InChI=1S/C15H29NOS/c1-17-14-6-10-16(11-7-14)12-15(13-18)8-4-2-3-5-9-15/h14,18H,2-13H2,1H3. The van der Waals surface area contributed by atoms with Crippen molar-refractivity contribution in [2.45, 2.75) is 57.5 Å². The van der Waals surface area contributed by atoms with E-state index in [-0.39, 0.29) is 0 Å².